The fourth-order valence-corrected chi connectivity index (χ4v) is 1.47. The number of allylic oxidation sites excluding steroid dienone is 3. The van der Waals surface area contributed by atoms with Gasteiger partial charge in [-0.25, -0.2) is 0 Å². The van der Waals surface area contributed by atoms with E-state index in [0.29, 0.717) is 0 Å². The fraction of sp³-hybridized carbons (Fsp3) is 0.273. The second-order valence-electron chi connectivity index (χ2n) is 2.42. The molecule has 1 heteroatoms. The number of aryl methyl sites for hydroxylation is 2. The van der Waals surface area contributed by atoms with Crippen LogP contribution in [0.15, 0.2) is 36.9 Å². The summed E-state index contributed by atoms with van der Waals surface area (Å²) >= 11 is 1.84. The lowest BCUT2D eigenvalue weighted by Crippen LogP contribution is -1.44. The van der Waals surface area contributed by atoms with Crippen molar-refractivity contribution in [1.29, 1.82) is 0 Å². The average Bonchev–Trinajstić information content (AvgIpc) is 2.38. The molecule has 1 aromatic heterocycles. The van der Waals surface area contributed by atoms with Crippen LogP contribution in [0.25, 0.3) is 0 Å². The average molecular weight is 180 g/mol. The van der Waals surface area contributed by atoms with Gasteiger partial charge in [-0.05, 0) is 32.9 Å². The van der Waals surface area contributed by atoms with Gasteiger partial charge in [-0.15, -0.1) is 11.3 Å². The number of hydrogen-bond donors (Lipinski definition) is 0. The molecule has 0 aliphatic carbocycles. The van der Waals surface area contributed by atoms with Crippen molar-refractivity contribution >= 4 is 11.3 Å². The first-order valence-electron chi connectivity index (χ1n) is 3.97. The molecule has 0 nitrogen and oxygen atoms in total. The van der Waals surface area contributed by atoms with Crippen molar-refractivity contribution in [1.82, 2.24) is 0 Å². The molecule has 0 aliphatic rings. The standard InChI is InChI=1S/C6H8S.C5H8/c1-5-3-4-6(2)7-5;1-3-5-4-2/h3-4H,1-2H3;3-5H,1H2,2H3/b;5-4-. The lowest BCUT2D eigenvalue weighted by molar-refractivity contribution is 1.61. The maximum Gasteiger partial charge on any atom is 0.00170 e. The summed E-state index contributed by atoms with van der Waals surface area (Å²) in [6.45, 7) is 9.67. The van der Waals surface area contributed by atoms with Crippen LogP contribution >= 0.6 is 11.3 Å². The van der Waals surface area contributed by atoms with Crippen molar-refractivity contribution in [2.24, 2.45) is 0 Å². The topological polar surface area (TPSA) is 0 Å². The number of rotatable bonds is 1. The Balaban J connectivity index is 0.000000217. The molecule has 0 N–H and O–H groups in total. The van der Waals surface area contributed by atoms with Crippen molar-refractivity contribution in [3.05, 3.63) is 46.7 Å². The van der Waals surface area contributed by atoms with Gasteiger partial charge in [0, 0.05) is 9.75 Å². The highest BCUT2D eigenvalue weighted by molar-refractivity contribution is 7.11. The molecule has 0 saturated heterocycles. The molecule has 0 saturated carbocycles. The summed E-state index contributed by atoms with van der Waals surface area (Å²) in [6.07, 6.45) is 5.58. The summed E-state index contributed by atoms with van der Waals surface area (Å²) < 4.78 is 0. The number of thiophene rings is 1. The Bertz CT molecular complexity index is 227. The SMILES string of the molecule is C=C/C=C\C.Cc1ccc(C)s1. The van der Waals surface area contributed by atoms with E-state index in [1.807, 2.05) is 30.4 Å². The maximum atomic E-state index is 3.46. The Morgan fingerprint density at radius 2 is 1.75 bits per heavy atom. The van der Waals surface area contributed by atoms with Gasteiger partial charge in [0.1, 0.15) is 0 Å². The normalized spacial score (nSPS) is 9.25. The van der Waals surface area contributed by atoms with E-state index in [0.717, 1.165) is 0 Å². The van der Waals surface area contributed by atoms with E-state index in [1.54, 1.807) is 6.08 Å². The van der Waals surface area contributed by atoms with Crippen LogP contribution in [0.1, 0.15) is 16.7 Å². The monoisotopic (exact) mass is 180 g/mol. The predicted octanol–water partition coefficient (Wildman–Crippen LogP) is 4.11. The molecule has 1 aromatic rings. The molecule has 0 atom stereocenters. The van der Waals surface area contributed by atoms with E-state index in [2.05, 4.69) is 32.6 Å². The van der Waals surface area contributed by atoms with Crippen LogP contribution in [0.2, 0.25) is 0 Å². The van der Waals surface area contributed by atoms with Gasteiger partial charge >= 0.3 is 0 Å². The third kappa shape index (κ3) is 5.93. The second-order valence-corrected chi connectivity index (χ2v) is 3.91. The van der Waals surface area contributed by atoms with Gasteiger partial charge in [0.2, 0.25) is 0 Å². The van der Waals surface area contributed by atoms with Crippen molar-refractivity contribution in [2.75, 3.05) is 0 Å². The summed E-state index contributed by atoms with van der Waals surface area (Å²) in [4.78, 5) is 2.80. The third-order valence-corrected chi connectivity index (χ3v) is 2.12. The van der Waals surface area contributed by atoms with E-state index in [9.17, 15) is 0 Å². The van der Waals surface area contributed by atoms with Gasteiger partial charge in [0.25, 0.3) is 0 Å². The molecule has 66 valence electrons. The van der Waals surface area contributed by atoms with Crippen LogP contribution < -0.4 is 0 Å². The molecular weight excluding hydrogens is 164 g/mol. The first-order valence-corrected chi connectivity index (χ1v) is 4.79. The Morgan fingerprint density at radius 3 is 1.83 bits per heavy atom. The van der Waals surface area contributed by atoms with E-state index in [1.165, 1.54) is 9.75 Å². The summed E-state index contributed by atoms with van der Waals surface area (Å²) in [6, 6.07) is 4.28. The zero-order valence-corrected chi connectivity index (χ0v) is 8.82. The molecule has 1 heterocycles. The molecule has 0 aliphatic heterocycles. The second kappa shape index (κ2) is 6.86. The Kier molecular flexibility index (Phi) is 6.39. The minimum Gasteiger partial charge on any atom is -0.146 e. The number of hydrogen-bond acceptors (Lipinski definition) is 1. The minimum atomic E-state index is 1.40. The van der Waals surface area contributed by atoms with Gasteiger partial charge in [-0.3, -0.25) is 0 Å². The summed E-state index contributed by atoms with van der Waals surface area (Å²) in [5.74, 6) is 0. The summed E-state index contributed by atoms with van der Waals surface area (Å²) in [5, 5.41) is 0. The molecule has 0 bridgehead atoms. The van der Waals surface area contributed by atoms with E-state index < -0.39 is 0 Å². The molecule has 0 unspecified atom stereocenters. The van der Waals surface area contributed by atoms with Crippen molar-refractivity contribution < 1.29 is 0 Å². The highest BCUT2D eigenvalue weighted by Crippen LogP contribution is 2.12. The third-order valence-electron chi connectivity index (χ3n) is 1.20. The van der Waals surface area contributed by atoms with Gasteiger partial charge < -0.3 is 0 Å². The van der Waals surface area contributed by atoms with Gasteiger partial charge in [0.15, 0.2) is 0 Å². The maximum absolute atomic E-state index is 3.46. The van der Waals surface area contributed by atoms with Crippen molar-refractivity contribution in [2.45, 2.75) is 20.8 Å². The first-order chi connectivity index (χ1) is 5.70. The Morgan fingerprint density at radius 1 is 1.25 bits per heavy atom. The molecule has 0 aromatic carbocycles. The molecule has 0 fully saturated rings. The quantitative estimate of drug-likeness (QED) is 0.570. The lowest BCUT2D eigenvalue weighted by Gasteiger charge is -1.71. The molecule has 12 heavy (non-hydrogen) atoms. The van der Waals surface area contributed by atoms with Crippen LogP contribution in [0.5, 0.6) is 0 Å². The van der Waals surface area contributed by atoms with Gasteiger partial charge in [-0.1, -0.05) is 24.8 Å². The predicted molar refractivity (Wildman–Crippen MR) is 58.8 cm³/mol. The van der Waals surface area contributed by atoms with Crippen LogP contribution in [0.4, 0.5) is 0 Å². The Labute approximate surface area is 79.3 Å². The summed E-state index contributed by atoms with van der Waals surface area (Å²) in [7, 11) is 0. The Hall–Kier alpha value is -0.820. The summed E-state index contributed by atoms with van der Waals surface area (Å²) in [5.41, 5.74) is 0. The smallest absolute Gasteiger partial charge is 0.00170 e. The van der Waals surface area contributed by atoms with Crippen LogP contribution in [-0.2, 0) is 0 Å². The molecule has 1 rings (SSSR count). The highest BCUT2D eigenvalue weighted by atomic mass is 32.1. The van der Waals surface area contributed by atoms with Crippen LogP contribution in [0.3, 0.4) is 0 Å². The zero-order chi connectivity index (χ0) is 9.40. The molecule has 0 spiro atoms. The van der Waals surface area contributed by atoms with Gasteiger partial charge in [-0.2, -0.15) is 0 Å². The highest BCUT2D eigenvalue weighted by Gasteiger charge is 1.84. The van der Waals surface area contributed by atoms with Gasteiger partial charge in [0.05, 0.1) is 0 Å². The molecular formula is C11H16S. The van der Waals surface area contributed by atoms with Crippen LogP contribution in [-0.4, -0.2) is 0 Å². The lowest BCUT2D eigenvalue weighted by atomic mass is 10.5. The fourth-order valence-electron chi connectivity index (χ4n) is 0.693. The molecule has 0 amide bonds. The van der Waals surface area contributed by atoms with Crippen molar-refractivity contribution in [3.8, 4) is 0 Å². The van der Waals surface area contributed by atoms with Crippen molar-refractivity contribution in [3.63, 3.8) is 0 Å². The zero-order valence-electron chi connectivity index (χ0n) is 8.00. The first kappa shape index (κ1) is 11.2. The van der Waals surface area contributed by atoms with E-state index in [4.69, 9.17) is 0 Å². The molecule has 0 radical (unpaired) electrons. The largest absolute Gasteiger partial charge is 0.146 e. The van der Waals surface area contributed by atoms with E-state index >= 15 is 0 Å². The van der Waals surface area contributed by atoms with E-state index in [-0.39, 0.29) is 0 Å². The van der Waals surface area contributed by atoms with Crippen LogP contribution in [0, 0.1) is 13.8 Å². The minimum absolute atomic E-state index is 1.40.